The van der Waals surface area contributed by atoms with E-state index in [2.05, 4.69) is 15.2 Å². The lowest BCUT2D eigenvalue weighted by molar-refractivity contribution is -0.137. The summed E-state index contributed by atoms with van der Waals surface area (Å²) in [6.07, 6.45) is 5.71. The number of benzene rings is 1. The van der Waals surface area contributed by atoms with Crippen molar-refractivity contribution in [2.45, 2.75) is 50.5 Å². The molecule has 5 rings (SSSR count). The zero-order valence-corrected chi connectivity index (χ0v) is 18.5. The van der Waals surface area contributed by atoms with E-state index in [1.807, 2.05) is 18.3 Å². The molecule has 34 heavy (non-hydrogen) atoms. The minimum absolute atomic E-state index is 0.00937. The number of halogens is 3. The van der Waals surface area contributed by atoms with Gasteiger partial charge in [0.15, 0.2) is 0 Å². The number of alkyl halides is 3. The number of carbonyl (C=O) groups is 1. The fraction of sp³-hybridized carbons (Fsp3) is 0.320. The zero-order chi connectivity index (χ0) is 24.0. The van der Waals surface area contributed by atoms with Gasteiger partial charge in [-0.25, -0.2) is 0 Å². The number of carbonyl (C=O) groups excluding carboxylic acids is 1. The Labute approximate surface area is 195 Å². The molecular formula is C25H24F3N5O. The number of amides is 1. The number of aromatic nitrogens is 1. The lowest BCUT2D eigenvalue weighted by atomic mass is 9.98. The summed E-state index contributed by atoms with van der Waals surface area (Å²) < 4.78 is 39.7. The van der Waals surface area contributed by atoms with Crippen LogP contribution < -0.4 is 11.1 Å². The van der Waals surface area contributed by atoms with Crippen molar-refractivity contribution in [3.63, 3.8) is 0 Å². The van der Waals surface area contributed by atoms with Gasteiger partial charge in [0.1, 0.15) is 5.84 Å². The molecule has 1 amide bonds. The van der Waals surface area contributed by atoms with Crippen LogP contribution >= 0.6 is 0 Å². The highest BCUT2D eigenvalue weighted by atomic mass is 19.4. The normalized spacial score (nSPS) is 22.4. The van der Waals surface area contributed by atoms with Gasteiger partial charge in [-0.05, 0) is 79.3 Å². The average molecular weight is 467 g/mol. The molecule has 2 aliphatic heterocycles. The molecule has 0 unspecified atom stereocenters. The second-order valence-electron chi connectivity index (χ2n) is 8.89. The van der Waals surface area contributed by atoms with Crippen molar-refractivity contribution in [3.05, 3.63) is 77.3 Å². The second kappa shape index (κ2) is 8.30. The molecule has 176 valence electrons. The molecule has 1 aliphatic carbocycles. The maximum atomic E-state index is 13.4. The van der Waals surface area contributed by atoms with E-state index >= 15 is 0 Å². The topological polar surface area (TPSA) is 83.6 Å². The third-order valence-corrected chi connectivity index (χ3v) is 6.56. The molecule has 2 aromatic rings. The second-order valence-corrected chi connectivity index (χ2v) is 8.89. The van der Waals surface area contributed by atoms with E-state index in [1.165, 1.54) is 6.07 Å². The quantitative estimate of drug-likeness (QED) is 0.650. The van der Waals surface area contributed by atoms with E-state index in [0.717, 1.165) is 42.5 Å². The van der Waals surface area contributed by atoms with Gasteiger partial charge in [0.25, 0.3) is 5.91 Å². The summed E-state index contributed by atoms with van der Waals surface area (Å²) in [5.74, 6) is 0.215. The number of nitrogens with one attached hydrogen (secondary N) is 1. The molecule has 1 aromatic carbocycles. The summed E-state index contributed by atoms with van der Waals surface area (Å²) in [5.41, 5.74) is 7.31. The first-order valence-electron chi connectivity index (χ1n) is 11.2. The van der Waals surface area contributed by atoms with Gasteiger partial charge < -0.3 is 16.0 Å². The van der Waals surface area contributed by atoms with Gasteiger partial charge in [-0.2, -0.15) is 13.2 Å². The van der Waals surface area contributed by atoms with Crippen molar-refractivity contribution in [1.82, 2.24) is 15.2 Å². The number of amidine groups is 1. The molecule has 3 heterocycles. The molecular weight excluding hydrogens is 443 g/mol. The van der Waals surface area contributed by atoms with E-state index in [9.17, 15) is 18.0 Å². The molecule has 0 radical (unpaired) electrons. The average Bonchev–Trinajstić information content (AvgIpc) is 3.39. The number of fused-ring (bicyclic) bond motifs is 3. The molecule has 6 nitrogen and oxygen atoms in total. The van der Waals surface area contributed by atoms with Gasteiger partial charge in [-0.1, -0.05) is 0 Å². The molecule has 1 aromatic heterocycles. The number of hydrogen-bond donors (Lipinski definition) is 2. The lowest BCUT2D eigenvalue weighted by Crippen LogP contribution is -2.40. The van der Waals surface area contributed by atoms with Crippen molar-refractivity contribution < 1.29 is 18.0 Å². The van der Waals surface area contributed by atoms with E-state index in [4.69, 9.17) is 10.7 Å². The van der Waals surface area contributed by atoms with Crippen molar-refractivity contribution in [1.29, 1.82) is 0 Å². The number of nitrogens with two attached hydrogens (primary N) is 1. The van der Waals surface area contributed by atoms with Crippen LogP contribution in [0.2, 0.25) is 0 Å². The summed E-state index contributed by atoms with van der Waals surface area (Å²) in [6.45, 7) is 1.64. The predicted octanol–water partition coefficient (Wildman–Crippen LogP) is 4.48. The Hall–Kier alpha value is -3.62. The fourth-order valence-corrected chi connectivity index (χ4v) is 4.87. The maximum Gasteiger partial charge on any atom is 0.416 e. The number of anilines is 1. The summed E-state index contributed by atoms with van der Waals surface area (Å²) in [5, 5.41) is 2.84. The van der Waals surface area contributed by atoms with Gasteiger partial charge >= 0.3 is 6.18 Å². The molecule has 3 aliphatic rings. The number of allylic oxidation sites excluding steroid dienone is 2. The van der Waals surface area contributed by atoms with Crippen LogP contribution in [0.3, 0.4) is 0 Å². The molecule has 1 fully saturated rings. The van der Waals surface area contributed by atoms with Crippen molar-refractivity contribution >= 4 is 23.0 Å². The first-order chi connectivity index (χ1) is 16.2. The third-order valence-electron chi connectivity index (χ3n) is 6.56. The molecule has 3 atom stereocenters. The Kier molecular flexibility index (Phi) is 5.42. The van der Waals surface area contributed by atoms with Gasteiger partial charge in [0.05, 0.1) is 29.3 Å². The SMILES string of the molecule is C[C@@H](NC(=O)C1=CC(c2ccncc2)=CN2C1=N[C@@H]1CCC[C@@H]12)c1cc(N)cc(C(F)(F)F)c1. The van der Waals surface area contributed by atoms with Crippen LogP contribution in [0.1, 0.15) is 48.9 Å². The number of pyridine rings is 1. The van der Waals surface area contributed by atoms with Crippen molar-refractivity contribution in [2.24, 2.45) is 4.99 Å². The van der Waals surface area contributed by atoms with Gasteiger partial charge in [-0.15, -0.1) is 0 Å². The van der Waals surface area contributed by atoms with Gasteiger partial charge in [0.2, 0.25) is 0 Å². The molecule has 0 saturated heterocycles. The van der Waals surface area contributed by atoms with Crippen LogP contribution in [0.15, 0.2) is 65.6 Å². The van der Waals surface area contributed by atoms with Crippen LogP contribution in [0.5, 0.6) is 0 Å². The number of nitrogen functional groups attached to an aromatic ring is 1. The number of aliphatic imine (C=N–C) groups is 1. The maximum absolute atomic E-state index is 13.4. The van der Waals surface area contributed by atoms with E-state index in [-0.39, 0.29) is 23.3 Å². The predicted molar refractivity (Wildman–Crippen MR) is 123 cm³/mol. The number of nitrogens with zero attached hydrogens (tertiary/aromatic N) is 3. The van der Waals surface area contributed by atoms with Crippen LogP contribution in [0, 0.1) is 0 Å². The minimum Gasteiger partial charge on any atom is -0.399 e. The summed E-state index contributed by atoms with van der Waals surface area (Å²) in [6, 6.07) is 6.75. The summed E-state index contributed by atoms with van der Waals surface area (Å²) >= 11 is 0. The molecule has 0 spiro atoms. The van der Waals surface area contributed by atoms with Gasteiger partial charge in [-0.3, -0.25) is 14.8 Å². The zero-order valence-electron chi connectivity index (χ0n) is 18.5. The summed E-state index contributed by atoms with van der Waals surface area (Å²) in [4.78, 5) is 24.4. The summed E-state index contributed by atoms with van der Waals surface area (Å²) in [7, 11) is 0. The Morgan fingerprint density at radius 3 is 2.71 bits per heavy atom. The highest BCUT2D eigenvalue weighted by Crippen LogP contribution is 2.38. The standard InChI is InChI=1S/C25H24F3N5O/c1-14(16-9-18(25(26,27)28)12-19(29)10-16)31-24(34)20-11-17(15-5-7-30-8-6-15)13-33-22-4-2-3-21(22)32-23(20)33/h5-14,21-22H,2-4,29H2,1H3,(H,31,34)/t14-,21-,22+/m1/s1. The van der Waals surface area contributed by atoms with E-state index in [0.29, 0.717) is 11.4 Å². The molecule has 1 saturated carbocycles. The van der Waals surface area contributed by atoms with Crippen LogP contribution in [-0.2, 0) is 11.0 Å². The van der Waals surface area contributed by atoms with E-state index < -0.39 is 23.7 Å². The first-order valence-corrected chi connectivity index (χ1v) is 11.2. The van der Waals surface area contributed by atoms with Crippen molar-refractivity contribution in [2.75, 3.05) is 5.73 Å². The first kappa shape index (κ1) is 22.2. The van der Waals surface area contributed by atoms with Crippen molar-refractivity contribution in [3.8, 4) is 0 Å². The Morgan fingerprint density at radius 2 is 1.97 bits per heavy atom. The monoisotopic (exact) mass is 467 g/mol. The Balaban J connectivity index is 1.46. The molecule has 9 heteroatoms. The van der Waals surface area contributed by atoms with Crippen LogP contribution in [-0.4, -0.2) is 33.7 Å². The van der Waals surface area contributed by atoms with Crippen LogP contribution in [0.4, 0.5) is 18.9 Å². The Morgan fingerprint density at radius 1 is 1.21 bits per heavy atom. The Bertz CT molecular complexity index is 1220. The van der Waals surface area contributed by atoms with Crippen LogP contribution in [0.25, 0.3) is 5.57 Å². The largest absolute Gasteiger partial charge is 0.416 e. The molecule has 0 bridgehead atoms. The minimum atomic E-state index is -4.53. The fourth-order valence-electron chi connectivity index (χ4n) is 4.87. The molecule has 3 N–H and O–H groups in total. The lowest BCUT2D eigenvalue weighted by Gasteiger charge is -2.29. The highest BCUT2D eigenvalue weighted by molar-refractivity contribution is 6.24. The smallest absolute Gasteiger partial charge is 0.399 e. The van der Waals surface area contributed by atoms with E-state index in [1.54, 1.807) is 25.4 Å². The number of hydrogen-bond acceptors (Lipinski definition) is 5. The van der Waals surface area contributed by atoms with Gasteiger partial charge in [0, 0.05) is 24.3 Å². The third kappa shape index (κ3) is 4.06. The number of rotatable bonds is 4. The highest BCUT2D eigenvalue weighted by Gasteiger charge is 2.42.